The molecular weight excluding hydrogens is 349 g/mol. The van der Waals surface area contributed by atoms with Gasteiger partial charge in [0.25, 0.3) is 0 Å². The molecule has 0 saturated carbocycles. The van der Waals surface area contributed by atoms with Crippen molar-refractivity contribution in [2.24, 2.45) is 0 Å². The number of rotatable bonds is 9. The Morgan fingerprint density at radius 2 is 1.88 bits per heavy atom. The van der Waals surface area contributed by atoms with Crippen molar-refractivity contribution in [3.63, 3.8) is 0 Å². The summed E-state index contributed by atoms with van der Waals surface area (Å²) in [4.78, 5) is 15.8. The average molecular weight is 376 g/mol. The highest BCUT2D eigenvalue weighted by atomic mass is 32.1. The molecule has 140 valence electrons. The van der Waals surface area contributed by atoms with Gasteiger partial charge in [0.05, 0.1) is 6.61 Å². The topological polar surface area (TPSA) is 29.5 Å². The smallest absolute Gasteiger partial charge is 0.145 e. The molecule has 0 amide bonds. The molecule has 0 radical (unpaired) electrons. The molecule has 1 saturated heterocycles. The number of hydrogen-bond donors (Lipinski definition) is 0. The Bertz CT molecular complexity index is 668. The van der Waals surface area contributed by atoms with Crippen molar-refractivity contribution in [3.8, 4) is 5.75 Å². The zero-order valence-electron chi connectivity index (χ0n) is 15.0. The summed E-state index contributed by atoms with van der Waals surface area (Å²) in [7, 11) is 0. The molecule has 0 spiro atoms. The zero-order valence-corrected chi connectivity index (χ0v) is 15.8. The Balaban J connectivity index is 1.57. The lowest BCUT2D eigenvalue weighted by molar-refractivity contribution is -0.120. The van der Waals surface area contributed by atoms with Gasteiger partial charge in [0, 0.05) is 4.88 Å². The number of nitrogens with zero attached hydrogens (tertiary/aromatic N) is 1. The first-order valence-corrected chi connectivity index (χ1v) is 10.3. The number of likely N-dealkylation sites (tertiary alicyclic amines) is 1. The Morgan fingerprint density at radius 1 is 1.12 bits per heavy atom. The molecule has 3 nitrogen and oxygen atoms in total. The second-order valence-electron chi connectivity index (χ2n) is 6.83. The van der Waals surface area contributed by atoms with Gasteiger partial charge >= 0.3 is 0 Å². The van der Waals surface area contributed by atoms with Gasteiger partial charge in [-0.1, -0.05) is 12.5 Å². The van der Waals surface area contributed by atoms with Crippen LogP contribution in [0.25, 0.3) is 0 Å². The van der Waals surface area contributed by atoms with Crippen LogP contribution in [-0.4, -0.2) is 30.9 Å². The molecule has 1 aromatic carbocycles. The first-order chi connectivity index (χ1) is 12.7. The van der Waals surface area contributed by atoms with Crippen LogP contribution in [0, 0.1) is 5.82 Å². The summed E-state index contributed by atoms with van der Waals surface area (Å²) >= 11 is 1.67. The largest absolute Gasteiger partial charge is 0.494 e. The molecule has 1 atom stereocenters. The molecule has 1 aromatic heterocycles. The van der Waals surface area contributed by atoms with Crippen molar-refractivity contribution in [2.45, 2.75) is 44.1 Å². The number of ether oxygens (including phenoxy) is 1. The molecule has 3 rings (SSSR count). The first-order valence-electron chi connectivity index (χ1n) is 9.38. The fourth-order valence-electron chi connectivity index (χ4n) is 3.66. The SMILES string of the molecule is O=CC(CCCCOc1ccc(F)cc1)(c1cccs1)N1CCCCC1. The first kappa shape index (κ1) is 19.1. The summed E-state index contributed by atoms with van der Waals surface area (Å²) in [5.74, 6) is 0.424. The minimum absolute atomic E-state index is 0.259. The molecular formula is C21H26FNO2S. The minimum atomic E-state index is -0.496. The van der Waals surface area contributed by atoms with E-state index in [-0.39, 0.29) is 5.82 Å². The van der Waals surface area contributed by atoms with Crippen molar-refractivity contribution in [2.75, 3.05) is 19.7 Å². The summed E-state index contributed by atoms with van der Waals surface area (Å²) in [6, 6.07) is 10.2. The van der Waals surface area contributed by atoms with Crippen LogP contribution in [0.3, 0.4) is 0 Å². The number of hydrogen-bond acceptors (Lipinski definition) is 4. The van der Waals surface area contributed by atoms with Gasteiger partial charge in [0.2, 0.25) is 0 Å². The van der Waals surface area contributed by atoms with Crippen LogP contribution in [0.4, 0.5) is 4.39 Å². The third kappa shape index (κ3) is 4.51. The van der Waals surface area contributed by atoms with Crippen molar-refractivity contribution >= 4 is 17.6 Å². The second kappa shape index (κ2) is 9.28. The molecule has 5 heteroatoms. The molecule has 0 N–H and O–H groups in total. The molecule has 0 aliphatic carbocycles. The number of piperidine rings is 1. The Labute approximate surface area is 158 Å². The van der Waals surface area contributed by atoms with Gasteiger partial charge in [-0.2, -0.15) is 0 Å². The van der Waals surface area contributed by atoms with E-state index in [1.165, 1.54) is 18.6 Å². The van der Waals surface area contributed by atoms with Crippen LogP contribution in [0.2, 0.25) is 0 Å². The molecule has 1 aliphatic heterocycles. The summed E-state index contributed by atoms with van der Waals surface area (Å²) < 4.78 is 18.6. The second-order valence-corrected chi connectivity index (χ2v) is 7.77. The van der Waals surface area contributed by atoms with E-state index in [0.717, 1.165) is 56.4 Å². The van der Waals surface area contributed by atoms with Crippen LogP contribution in [-0.2, 0) is 10.3 Å². The van der Waals surface area contributed by atoms with Crippen LogP contribution in [0.5, 0.6) is 5.75 Å². The highest BCUT2D eigenvalue weighted by molar-refractivity contribution is 7.10. The van der Waals surface area contributed by atoms with Gasteiger partial charge in [-0.25, -0.2) is 4.39 Å². The minimum Gasteiger partial charge on any atom is -0.494 e. The molecule has 26 heavy (non-hydrogen) atoms. The van der Waals surface area contributed by atoms with E-state index in [9.17, 15) is 9.18 Å². The third-order valence-electron chi connectivity index (χ3n) is 5.10. The van der Waals surface area contributed by atoms with E-state index in [1.54, 1.807) is 23.5 Å². The fourth-order valence-corrected chi connectivity index (χ4v) is 4.61. The lowest BCUT2D eigenvalue weighted by Crippen LogP contribution is -2.49. The summed E-state index contributed by atoms with van der Waals surface area (Å²) in [5, 5.41) is 2.05. The van der Waals surface area contributed by atoms with Gasteiger partial charge in [0.15, 0.2) is 0 Å². The monoisotopic (exact) mass is 375 g/mol. The van der Waals surface area contributed by atoms with Crippen LogP contribution < -0.4 is 4.74 Å². The lowest BCUT2D eigenvalue weighted by Gasteiger charge is -2.41. The van der Waals surface area contributed by atoms with Crippen LogP contribution in [0.1, 0.15) is 43.4 Å². The number of aldehydes is 1. The van der Waals surface area contributed by atoms with E-state index in [1.807, 2.05) is 6.07 Å². The Morgan fingerprint density at radius 3 is 2.54 bits per heavy atom. The number of halogens is 1. The average Bonchev–Trinajstić information content (AvgIpc) is 3.22. The highest BCUT2D eigenvalue weighted by Gasteiger charge is 2.39. The summed E-state index contributed by atoms with van der Waals surface area (Å²) in [5.41, 5.74) is -0.496. The van der Waals surface area contributed by atoms with Crippen LogP contribution in [0.15, 0.2) is 41.8 Å². The van der Waals surface area contributed by atoms with E-state index in [2.05, 4.69) is 16.3 Å². The lowest BCUT2D eigenvalue weighted by atomic mass is 9.88. The third-order valence-corrected chi connectivity index (χ3v) is 6.13. The standard InChI is InChI=1S/C21H26FNO2S/c22-18-8-10-19(11-9-18)25-15-5-2-12-21(17-24,20-7-6-16-26-20)23-13-3-1-4-14-23/h6-11,16-17H,1-5,12-15H2. The van der Waals surface area contributed by atoms with Crippen molar-refractivity contribution < 1.29 is 13.9 Å². The quantitative estimate of drug-likeness (QED) is 0.455. The highest BCUT2D eigenvalue weighted by Crippen LogP contribution is 2.37. The van der Waals surface area contributed by atoms with E-state index in [0.29, 0.717) is 12.4 Å². The predicted molar refractivity (Wildman–Crippen MR) is 103 cm³/mol. The molecule has 1 unspecified atom stereocenters. The van der Waals surface area contributed by atoms with Gasteiger partial charge in [-0.3, -0.25) is 4.90 Å². The predicted octanol–water partition coefficient (Wildman–Crippen LogP) is 5.02. The number of carbonyl (C=O) groups excluding carboxylic acids is 1. The van der Waals surface area contributed by atoms with Gasteiger partial charge in [-0.15, -0.1) is 11.3 Å². The fraction of sp³-hybridized carbons (Fsp3) is 0.476. The summed E-state index contributed by atoms with van der Waals surface area (Å²) in [6.07, 6.45) is 7.32. The number of unbranched alkanes of at least 4 members (excludes halogenated alkanes) is 1. The maximum atomic E-state index is 12.9. The van der Waals surface area contributed by atoms with Gasteiger partial charge in [0.1, 0.15) is 23.4 Å². The summed E-state index contributed by atoms with van der Waals surface area (Å²) in [6.45, 7) is 2.55. The maximum Gasteiger partial charge on any atom is 0.145 e. The maximum absolute atomic E-state index is 12.9. The number of carbonyl (C=O) groups is 1. The Kier molecular flexibility index (Phi) is 6.80. The zero-order chi connectivity index (χ0) is 18.2. The van der Waals surface area contributed by atoms with Crippen molar-refractivity contribution in [3.05, 3.63) is 52.5 Å². The van der Waals surface area contributed by atoms with Crippen molar-refractivity contribution in [1.82, 2.24) is 4.90 Å². The van der Waals surface area contributed by atoms with Gasteiger partial charge < -0.3 is 9.53 Å². The molecule has 2 aromatic rings. The van der Waals surface area contributed by atoms with Crippen LogP contribution >= 0.6 is 11.3 Å². The number of thiophene rings is 1. The normalized spacial score (nSPS) is 17.6. The van der Waals surface area contributed by atoms with E-state index < -0.39 is 5.54 Å². The molecule has 1 aliphatic rings. The molecule has 0 bridgehead atoms. The van der Waals surface area contributed by atoms with E-state index in [4.69, 9.17) is 4.74 Å². The van der Waals surface area contributed by atoms with E-state index >= 15 is 0 Å². The van der Waals surface area contributed by atoms with Crippen molar-refractivity contribution in [1.29, 1.82) is 0 Å². The molecule has 2 heterocycles. The number of benzene rings is 1. The van der Waals surface area contributed by atoms with Gasteiger partial charge in [-0.05, 0) is 80.9 Å². The Hall–Kier alpha value is -1.72. The molecule has 1 fully saturated rings.